The third-order valence-corrected chi connectivity index (χ3v) is 4.06. The summed E-state index contributed by atoms with van der Waals surface area (Å²) in [7, 11) is 3.83. The highest BCUT2D eigenvalue weighted by Gasteiger charge is 2.22. The minimum Gasteiger partial charge on any atom is -0.444 e. The van der Waals surface area contributed by atoms with Crippen molar-refractivity contribution in [1.29, 1.82) is 0 Å². The summed E-state index contributed by atoms with van der Waals surface area (Å²) >= 11 is 0. The number of nitrogens with zero attached hydrogens (tertiary/aromatic N) is 4. The number of hydrogen-bond acceptors (Lipinski definition) is 4. The van der Waals surface area contributed by atoms with Crippen molar-refractivity contribution in [3.05, 3.63) is 30.1 Å². The number of nitrogens with one attached hydrogen (secondary N) is 1. The van der Waals surface area contributed by atoms with Crippen LogP contribution in [0.25, 0.3) is 0 Å². The quantitative estimate of drug-likeness (QED) is 0.396. The van der Waals surface area contributed by atoms with Crippen LogP contribution in [-0.2, 0) is 11.3 Å². The lowest BCUT2D eigenvalue weighted by atomic mass is 10.2. The van der Waals surface area contributed by atoms with Crippen molar-refractivity contribution in [2.45, 2.75) is 59.1 Å². The fraction of sp³-hybridized carbons (Fsp3) is 0.667. The van der Waals surface area contributed by atoms with Crippen LogP contribution in [0.4, 0.5) is 4.79 Å². The molecule has 0 bridgehead atoms. The van der Waals surface area contributed by atoms with Gasteiger partial charge in [-0.25, -0.2) is 4.79 Å². The van der Waals surface area contributed by atoms with E-state index in [0.717, 1.165) is 43.9 Å². The molecule has 0 unspecified atom stereocenters. The first-order valence-electron chi connectivity index (χ1n) is 10.1. The SMILES string of the molecule is CCCCN(C)C(=NC)NCCCN(Cc1cccnc1)C(=O)OC(C)(C)C. The monoisotopic (exact) mass is 391 g/mol. The number of aliphatic imine (C=N–C) groups is 1. The summed E-state index contributed by atoms with van der Waals surface area (Å²) in [4.78, 5) is 24.9. The largest absolute Gasteiger partial charge is 0.444 e. The van der Waals surface area contributed by atoms with Gasteiger partial charge in [0.25, 0.3) is 0 Å². The molecule has 0 aliphatic carbocycles. The zero-order chi connectivity index (χ0) is 21.0. The van der Waals surface area contributed by atoms with Crippen molar-refractivity contribution in [2.75, 3.05) is 33.7 Å². The maximum atomic E-state index is 12.6. The Balaban J connectivity index is 2.60. The normalized spacial score (nSPS) is 11.9. The molecule has 7 heteroatoms. The number of pyridine rings is 1. The Morgan fingerprint density at radius 1 is 1.29 bits per heavy atom. The molecule has 1 aromatic rings. The first-order chi connectivity index (χ1) is 13.3. The second-order valence-electron chi connectivity index (χ2n) is 7.87. The van der Waals surface area contributed by atoms with E-state index in [9.17, 15) is 4.79 Å². The number of guanidine groups is 1. The first kappa shape index (κ1) is 23.7. The van der Waals surface area contributed by atoms with Crippen LogP contribution in [0.1, 0.15) is 52.5 Å². The first-order valence-corrected chi connectivity index (χ1v) is 10.1. The van der Waals surface area contributed by atoms with E-state index in [1.165, 1.54) is 0 Å². The maximum Gasteiger partial charge on any atom is 0.410 e. The minimum absolute atomic E-state index is 0.305. The lowest BCUT2D eigenvalue weighted by molar-refractivity contribution is 0.0232. The van der Waals surface area contributed by atoms with Crippen LogP contribution in [0.3, 0.4) is 0 Å². The van der Waals surface area contributed by atoms with Crippen molar-refractivity contribution in [3.63, 3.8) is 0 Å². The fourth-order valence-corrected chi connectivity index (χ4v) is 2.63. The van der Waals surface area contributed by atoms with Crippen molar-refractivity contribution in [1.82, 2.24) is 20.1 Å². The lowest BCUT2D eigenvalue weighted by Gasteiger charge is -2.28. The van der Waals surface area contributed by atoms with Gasteiger partial charge in [-0.05, 0) is 45.2 Å². The van der Waals surface area contributed by atoms with Crippen LogP contribution in [0, 0.1) is 0 Å². The third kappa shape index (κ3) is 9.58. The molecule has 1 rings (SSSR count). The van der Waals surface area contributed by atoms with Crippen LogP contribution < -0.4 is 5.32 Å². The minimum atomic E-state index is -0.521. The molecule has 0 atom stereocenters. The Bertz CT molecular complexity index is 599. The van der Waals surface area contributed by atoms with Gasteiger partial charge in [0.05, 0.1) is 6.54 Å². The topological polar surface area (TPSA) is 70.1 Å². The number of aromatic nitrogens is 1. The molecule has 1 N–H and O–H groups in total. The number of hydrogen-bond donors (Lipinski definition) is 1. The summed E-state index contributed by atoms with van der Waals surface area (Å²) in [6.07, 6.45) is 6.28. The van der Waals surface area contributed by atoms with E-state index in [0.29, 0.717) is 13.1 Å². The number of carbonyl (C=O) groups excluding carboxylic acids is 1. The van der Waals surface area contributed by atoms with E-state index >= 15 is 0 Å². The van der Waals surface area contributed by atoms with E-state index in [-0.39, 0.29) is 6.09 Å². The van der Waals surface area contributed by atoms with Gasteiger partial charge < -0.3 is 19.9 Å². The summed E-state index contributed by atoms with van der Waals surface area (Å²) in [5.74, 6) is 0.879. The van der Waals surface area contributed by atoms with Crippen LogP contribution in [-0.4, -0.2) is 66.2 Å². The van der Waals surface area contributed by atoms with Crippen molar-refractivity contribution in [3.8, 4) is 0 Å². The summed E-state index contributed by atoms with van der Waals surface area (Å²) in [5.41, 5.74) is 0.462. The van der Waals surface area contributed by atoms with E-state index in [4.69, 9.17) is 4.74 Å². The van der Waals surface area contributed by atoms with E-state index in [1.54, 1.807) is 24.3 Å². The molecule has 0 saturated carbocycles. The van der Waals surface area contributed by atoms with Crippen molar-refractivity contribution >= 4 is 12.1 Å². The van der Waals surface area contributed by atoms with E-state index < -0.39 is 5.60 Å². The summed E-state index contributed by atoms with van der Waals surface area (Å²) in [6.45, 7) is 10.6. The molecule has 1 heterocycles. The maximum absolute atomic E-state index is 12.6. The third-order valence-electron chi connectivity index (χ3n) is 4.06. The van der Waals surface area contributed by atoms with E-state index in [1.807, 2.05) is 40.0 Å². The Kier molecular flexibility index (Phi) is 10.3. The molecule has 7 nitrogen and oxygen atoms in total. The van der Waals surface area contributed by atoms with Gasteiger partial charge in [-0.1, -0.05) is 19.4 Å². The van der Waals surface area contributed by atoms with Crippen LogP contribution in [0.15, 0.2) is 29.5 Å². The highest BCUT2D eigenvalue weighted by Crippen LogP contribution is 2.12. The van der Waals surface area contributed by atoms with Gasteiger partial charge in [0.2, 0.25) is 0 Å². The highest BCUT2D eigenvalue weighted by atomic mass is 16.6. The molecular weight excluding hydrogens is 354 g/mol. The number of rotatable bonds is 9. The van der Waals surface area contributed by atoms with Crippen LogP contribution >= 0.6 is 0 Å². The van der Waals surface area contributed by atoms with Crippen LogP contribution in [0.2, 0.25) is 0 Å². The molecule has 0 radical (unpaired) electrons. The van der Waals surface area contributed by atoms with Gasteiger partial charge in [-0.3, -0.25) is 9.98 Å². The number of amides is 1. The molecule has 0 spiro atoms. The summed E-state index contributed by atoms with van der Waals surface area (Å²) < 4.78 is 5.57. The standard InChI is InChI=1S/C21H37N5O2/c1-7-8-14-25(6)19(22-5)24-13-10-15-26(20(27)28-21(2,3)4)17-18-11-9-12-23-16-18/h9,11-12,16H,7-8,10,13-15,17H2,1-6H3,(H,22,24). The lowest BCUT2D eigenvalue weighted by Crippen LogP contribution is -2.41. The summed E-state index contributed by atoms with van der Waals surface area (Å²) in [5, 5.41) is 3.37. The Morgan fingerprint density at radius 2 is 2.04 bits per heavy atom. The van der Waals surface area contributed by atoms with Crippen molar-refractivity contribution < 1.29 is 9.53 Å². The van der Waals surface area contributed by atoms with Gasteiger partial charge in [0.1, 0.15) is 5.60 Å². The molecular formula is C21H37N5O2. The molecule has 1 amide bonds. The average molecular weight is 392 g/mol. The number of unbranched alkanes of at least 4 members (excludes halogenated alkanes) is 1. The number of ether oxygens (including phenoxy) is 1. The molecule has 0 aliphatic rings. The molecule has 158 valence electrons. The average Bonchev–Trinajstić information content (AvgIpc) is 2.64. The molecule has 28 heavy (non-hydrogen) atoms. The fourth-order valence-electron chi connectivity index (χ4n) is 2.63. The Hall–Kier alpha value is -2.31. The second kappa shape index (κ2) is 12.2. The van der Waals surface area contributed by atoms with Gasteiger partial charge in [-0.15, -0.1) is 0 Å². The van der Waals surface area contributed by atoms with Gasteiger partial charge in [0, 0.05) is 46.1 Å². The number of carbonyl (C=O) groups is 1. The molecule has 1 aromatic heterocycles. The van der Waals surface area contributed by atoms with Gasteiger partial charge >= 0.3 is 6.09 Å². The zero-order valence-corrected chi connectivity index (χ0v) is 18.4. The van der Waals surface area contributed by atoms with Gasteiger partial charge in [-0.2, -0.15) is 0 Å². The second-order valence-corrected chi connectivity index (χ2v) is 7.87. The predicted molar refractivity (Wildman–Crippen MR) is 114 cm³/mol. The van der Waals surface area contributed by atoms with Gasteiger partial charge in [0.15, 0.2) is 5.96 Å². The Morgan fingerprint density at radius 3 is 2.61 bits per heavy atom. The zero-order valence-electron chi connectivity index (χ0n) is 18.4. The highest BCUT2D eigenvalue weighted by molar-refractivity contribution is 5.79. The predicted octanol–water partition coefficient (Wildman–Crippen LogP) is 3.52. The molecule has 0 fully saturated rings. The van der Waals surface area contributed by atoms with Crippen molar-refractivity contribution in [2.24, 2.45) is 4.99 Å². The Labute approximate surface area is 170 Å². The molecule has 0 saturated heterocycles. The molecule has 0 aliphatic heterocycles. The summed E-state index contributed by atoms with van der Waals surface area (Å²) in [6, 6.07) is 3.84. The van der Waals surface area contributed by atoms with Crippen LogP contribution in [0.5, 0.6) is 0 Å². The van der Waals surface area contributed by atoms with E-state index in [2.05, 4.69) is 27.1 Å². The smallest absolute Gasteiger partial charge is 0.410 e. The molecule has 0 aromatic carbocycles.